The van der Waals surface area contributed by atoms with E-state index in [4.69, 9.17) is 5.11 Å². The van der Waals surface area contributed by atoms with Crippen molar-refractivity contribution in [3.8, 4) is 0 Å². The second kappa shape index (κ2) is 7.29. The maximum Gasteiger partial charge on any atom is 0.0431 e. The summed E-state index contributed by atoms with van der Waals surface area (Å²) >= 11 is 0. The monoisotopic (exact) mass is 278 g/mol. The molecule has 0 amide bonds. The summed E-state index contributed by atoms with van der Waals surface area (Å²) in [6, 6.07) is 0. The Hall–Kier alpha value is -0.0400. The van der Waals surface area contributed by atoms with Gasteiger partial charge in [-0.25, -0.2) is 0 Å². The highest BCUT2D eigenvalue weighted by molar-refractivity contribution is 5.02. The van der Waals surface area contributed by atoms with Crippen molar-refractivity contribution in [2.24, 2.45) is 29.6 Å². The number of hydrogen-bond acceptors (Lipinski definition) is 1. The molecule has 0 bridgehead atoms. The van der Waals surface area contributed by atoms with E-state index >= 15 is 0 Å². The summed E-state index contributed by atoms with van der Waals surface area (Å²) in [5.74, 6) is 5.74. The topological polar surface area (TPSA) is 20.2 Å². The average molecular weight is 278 g/mol. The summed E-state index contributed by atoms with van der Waals surface area (Å²) in [7, 11) is 0. The largest absolute Gasteiger partial charge is 0.396 e. The molecule has 0 heterocycles. The van der Waals surface area contributed by atoms with Gasteiger partial charge in [0.25, 0.3) is 0 Å². The van der Waals surface area contributed by atoms with Crippen LogP contribution in [0.4, 0.5) is 0 Å². The Labute approximate surface area is 125 Å². The molecule has 3 aliphatic carbocycles. The zero-order valence-corrected chi connectivity index (χ0v) is 13.2. The van der Waals surface area contributed by atoms with Crippen LogP contribution in [0.25, 0.3) is 0 Å². The van der Waals surface area contributed by atoms with Crippen molar-refractivity contribution in [3.05, 3.63) is 0 Å². The van der Waals surface area contributed by atoms with E-state index < -0.39 is 0 Å². The van der Waals surface area contributed by atoms with Crippen LogP contribution in [-0.4, -0.2) is 11.7 Å². The van der Waals surface area contributed by atoms with Crippen molar-refractivity contribution in [2.45, 2.75) is 83.5 Å². The van der Waals surface area contributed by atoms with E-state index in [9.17, 15) is 0 Å². The molecule has 0 aliphatic heterocycles. The van der Waals surface area contributed by atoms with Crippen LogP contribution >= 0.6 is 0 Å². The highest BCUT2D eigenvalue weighted by atomic mass is 16.2. The number of rotatable bonds is 8. The van der Waals surface area contributed by atoms with Crippen LogP contribution in [0, 0.1) is 29.6 Å². The minimum atomic E-state index is 0.382. The molecule has 0 radical (unpaired) electrons. The number of fused-ring (bicyclic) bond motifs is 4. The lowest BCUT2D eigenvalue weighted by molar-refractivity contribution is -0.0500. The molecule has 1 heteroatoms. The van der Waals surface area contributed by atoms with Crippen LogP contribution in [0.2, 0.25) is 0 Å². The second-order valence-electron chi connectivity index (χ2n) is 7.90. The van der Waals surface area contributed by atoms with Crippen molar-refractivity contribution in [1.82, 2.24) is 0 Å². The third-order valence-electron chi connectivity index (χ3n) is 6.81. The van der Waals surface area contributed by atoms with Crippen LogP contribution in [0.15, 0.2) is 0 Å². The zero-order chi connectivity index (χ0) is 13.8. The molecule has 20 heavy (non-hydrogen) atoms. The molecule has 3 saturated carbocycles. The lowest BCUT2D eigenvalue weighted by Crippen LogP contribution is -2.47. The summed E-state index contributed by atoms with van der Waals surface area (Å²) in [6.45, 7) is 0.382. The van der Waals surface area contributed by atoms with Gasteiger partial charge in [0.2, 0.25) is 0 Å². The third kappa shape index (κ3) is 3.24. The molecule has 0 spiro atoms. The van der Waals surface area contributed by atoms with Gasteiger partial charge in [0.05, 0.1) is 0 Å². The minimum absolute atomic E-state index is 0.382. The summed E-state index contributed by atoms with van der Waals surface area (Å²) < 4.78 is 0. The fourth-order valence-electron chi connectivity index (χ4n) is 5.79. The van der Waals surface area contributed by atoms with Gasteiger partial charge in [0, 0.05) is 6.61 Å². The first-order chi connectivity index (χ1) is 9.90. The van der Waals surface area contributed by atoms with Crippen LogP contribution in [-0.2, 0) is 0 Å². The molecule has 0 saturated heterocycles. The molecule has 2 unspecified atom stereocenters. The van der Waals surface area contributed by atoms with Crippen molar-refractivity contribution >= 4 is 0 Å². The molecule has 0 aromatic rings. The normalized spacial score (nSPS) is 39.1. The van der Waals surface area contributed by atoms with E-state index in [0.29, 0.717) is 6.61 Å². The Kier molecular flexibility index (Phi) is 5.42. The Morgan fingerprint density at radius 2 is 1.30 bits per heavy atom. The number of aliphatic hydroxyl groups excluding tert-OH is 1. The summed E-state index contributed by atoms with van der Waals surface area (Å²) in [5.41, 5.74) is 0. The molecule has 1 nitrogen and oxygen atoms in total. The molecule has 5 atom stereocenters. The fraction of sp³-hybridized carbons (Fsp3) is 1.00. The number of aliphatic hydroxyl groups is 1. The molecular weight excluding hydrogens is 244 g/mol. The first-order valence-corrected chi connectivity index (χ1v) is 9.51. The fourth-order valence-corrected chi connectivity index (χ4v) is 5.79. The first-order valence-electron chi connectivity index (χ1n) is 9.51. The molecule has 0 aromatic heterocycles. The van der Waals surface area contributed by atoms with Gasteiger partial charge in [0.1, 0.15) is 0 Å². The summed E-state index contributed by atoms with van der Waals surface area (Å²) in [6.07, 6.45) is 18.8. The molecule has 1 N–H and O–H groups in total. The Bertz CT molecular complexity index is 287. The molecule has 0 aromatic carbocycles. The predicted molar refractivity (Wildman–Crippen MR) is 84.6 cm³/mol. The Morgan fingerprint density at radius 1 is 0.650 bits per heavy atom. The van der Waals surface area contributed by atoms with Crippen molar-refractivity contribution in [1.29, 1.82) is 0 Å². The molecule has 3 aliphatic rings. The van der Waals surface area contributed by atoms with E-state index in [0.717, 1.165) is 24.2 Å². The van der Waals surface area contributed by atoms with Gasteiger partial charge in [-0.15, -0.1) is 0 Å². The number of hydrogen-bond donors (Lipinski definition) is 1. The van der Waals surface area contributed by atoms with Gasteiger partial charge in [-0.1, -0.05) is 51.4 Å². The van der Waals surface area contributed by atoms with E-state index in [1.165, 1.54) is 50.4 Å². The molecular formula is C19H34O. The predicted octanol–water partition coefficient (Wildman–Crippen LogP) is 5.17. The molecule has 3 rings (SSSR count). The average Bonchev–Trinajstić information content (AvgIpc) is 2.88. The second-order valence-corrected chi connectivity index (χ2v) is 7.90. The van der Waals surface area contributed by atoms with Gasteiger partial charge in [0.15, 0.2) is 0 Å². The maximum atomic E-state index is 8.76. The lowest BCUT2D eigenvalue weighted by atomic mass is 9.51. The van der Waals surface area contributed by atoms with Gasteiger partial charge in [-0.2, -0.15) is 0 Å². The van der Waals surface area contributed by atoms with E-state index in [-0.39, 0.29) is 0 Å². The first kappa shape index (κ1) is 14.9. The van der Waals surface area contributed by atoms with Crippen molar-refractivity contribution in [2.75, 3.05) is 6.61 Å². The maximum absolute atomic E-state index is 8.76. The van der Waals surface area contributed by atoms with Crippen molar-refractivity contribution in [3.63, 3.8) is 0 Å². The minimum Gasteiger partial charge on any atom is -0.396 e. The lowest BCUT2D eigenvalue weighted by Gasteiger charge is -2.54. The zero-order valence-electron chi connectivity index (χ0n) is 13.2. The van der Waals surface area contributed by atoms with Crippen LogP contribution in [0.1, 0.15) is 83.5 Å². The standard InChI is InChI=1S/C19H34O/c20-13-6-4-2-1-3-5-8-15-11-12-18-16-9-7-10-17(16)19(18)14-15/h15-20H,1-14H2/t15-,16?,17?,18-,19+/m1/s1. The third-order valence-corrected chi connectivity index (χ3v) is 6.81. The SMILES string of the molecule is OCCCCCCCC[C@@H]1CC[C@@H]2C3CCCC3[C@@H]2C1. The van der Waals surface area contributed by atoms with Crippen LogP contribution in [0.5, 0.6) is 0 Å². The smallest absolute Gasteiger partial charge is 0.0431 e. The van der Waals surface area contributed by atoms with Gasteiger partial charge in [-0.3, -0.25) is 0 Å². The van der Waals surface area contributed by atoms with E-state index in [1.807, 2.05) is 0 Å². The molecule has 116 valence electrons. The summed E-state index contributed by atoms with van der Waals surface area (Å²) in [5, 5.41) is 8.76. The van der Waals surface area contributed by atoms with Gasteiger partial charge < -0.3 is 5.11 Å². The van der Waals surface area contributed by atoms with E-state index in [2.05, 4.69) is 0 Å². The number of unbranched alkanes of at least 4 members (excludes halogenated alkanes) is 5. The molecule has 3 fully saturated rings. The van der Waals surface area contributed by atoms with Crippen LogP contribution in [0.3, 0.4) is 0 Å². The Balaban J connectivity index is 1.26. The van der Waals surface area contributed by atoms with Gasteiger partial charge in [-0.05, 0) is 61.7 Å². The highest BCUT2D eigenvalue weighted by Gasteiger charge is 2.53. The highest BCUT2D eigenvalue weighted by Crippen LogP contribution is 2.61. The summed E-state index contributed by atoms with van der Waals surface area (Å²) in [4.78, 5) is 0. The quantitative estimate of drug-likeness (QED) is 0.607. The Morgan fingerprint density at radius 3 is 2.10 bits per heavy atom. The van der Waals surface area contributed by atoms with Crippen molar-refractivity contribution < 1.29 is 5.11 Å². The van der Waals surface area contributed by atoms with Crippen LogP contribution < -0.4 is 0 Å². The van der Waals surface area contributed by atoms with E-state index in [1.54, 1.807) is 38.5 Å². The van der Waals surface area contributed by atoms with Gasteiger partial charge >= 0.3 is 0 Å².